The van der Waals surface area contributed by atoms with Gasteiger partial charge in [-0.1, -0.05) is 30.3 Å². The van der Waals surface area contributed by atoms with Crippen molar-refractivity contribution in [3.8, 4) is 17.0 Å². The van der Waals surface area contributed by atoms with Crippen molar-refractivity contribution in [1.82, 2.24) is 10.3 Å². The van der Waals surface area contributed by atoms with Crippen molar-refractivity contribution >= 4 is 11.8 Å². The SMILES string of the molecule is CCOC[C@H]1N(c2cccc(-c3cccc(C)c3OCc3cc(C)c4c(c3)CCNC4)n2)CC[C@@]1(C)C(=O)OC. The molecule has 1 fully saturated rings. The van der Waals surface area contributed by atoms with Crippen LogP contribution in [0.2, 0.25) is 0 Å². The predicted molar refractivity (Wildman–Crippen MR) is 158 cm³/mol. The summed E-state index contributed by atoms with van der Waals surface area (Å²) < 4.78 is 17.5. The number of nitrogens with one attached hydrogen (secondary N) is 1. The number of rotatable bonds is 9. The fraction of sp³-hybridized carbons (Fsp3) is 0.455. The number of hydrogen-bond donors (Lipinski definition) is 1. The van der Waals surface area contributed by atoms with E-state index < -0.39 is 5.41 Å². The predicted octanol–water partition coefficient (Wildman–Crippen LogP) is 5.38. The Kier molecular flexibility index (Phi) is 8.43. The van der Waals surface area contributed by atoms with Gasteiger partial charge in [0.05, 0.1) is 30.9 Å². The number of fused-ring (bicyclic) bond motifs is 1. The highest BCUT2D eigenvalue weighted by Crippen LogP contribution is 2.41. The van der Waals surface area contributed by atoms with Gasteiger partial charge in [-0.15, -0.1) is 0 Å². The average Bonchev–Trinajstić information content (AvgIpc) is 3.32. The van der Waals surface area contributed by atoms with E-state index in [9.17, 15) is 4.79 Å². The number of para-hydroxylation sites is 1. The van der Waals surface area contributed by atoms with E-state index in [-0.39, 0.29) is 12.0 Å². The van der Waals surface area contributed by atoms with Gasteiger partial charge in [-0.3, -0.25) is 4.79 Å². The van der Waals surface area contributed by atoms with Gasteiger partial charge in [0.1, 0.15) is 18.2 Å². The number of pyridine rings is 1. The third kappa shape index (κ3) is 5.45. The highest BCUT2D eigenvalue weighted by molar-refractivity contribution is 5.79. The van der Waals surface area contributed by atoms with Crippen molar-refractivity contribution in [1.29, 1.82) is 0 Å². The van der Waals surface area contributed by atoms with Crippen molar-refractivity contribution in [2.24, 2.45) is 5.41 Å². The highest BCUT2D eigenvalue weighted by atomic mass is 16.5. The van der Waals surface area contributed by atoms with E-state index in [4.69, 9.17) is 19.2 Å². The minimum Gasteiger partial charge on any atom is -0.488 e. The number of anilines is 1. The number of aryl methyl sites for hydroxylation is 2. The van der Waals surface area contributed by atoms with E-state index in [0.717, 1.165) is 47.9 Å². The fourth-order valence-electron chi connectivity index (χ4n) is 6.17. The van der Waals surface area contributed by atoms with Crippen LogP contribution < -0.4 is 15.0 Å². The Morgan fingerprint density at radius 1 is 1.15 bits per heavy atom. The van der Waals surface area contributed by atoms with Crippen LogP contribution in [-0.4, -0.2) is 50.4 Å². The van der Waals surface area contributed by atoms with E-state index in [1.54, 1.807) is 0 Å². The molecular formula is C33H41N3O4. The summed E-state index contributed by atoms with van der Waals surface area (Å²) in [5, 5.41) is 3.47. The number of carbonyl (C=O) groups is 1. The van der Waals surface area contributed by atoms with Crippen LogP contribution in [0.1, 0.15) is 48.1 Å². The second-order valence-electron chi connectivity index (χ2n) is 11.1. The molecule has 1 saturated heterocycles. The monoisotopic (exact) mass is 543 g/mol. The van der Waals surface area contributed by atoms with Crippen molar-refractivity contribution < 1.29 is 19.0 Å². The van der Waals surface area contributed by atoms with Gasteiger partial charge < -0.3 is 24.4 Å². The summed E-state index contributed by atoms with van der Waals surface area (Å²) in [6.45, 7) is 12.4. The first-order chi connectivity index (χ1) is 19.4. The Bertz CT molecular complexity index is 1370. The number of nitrogens with zero attached hydrogens (tertiary/aromatic N) is 2. The number of benzene rings is 2. The Balaban J connectivity index is 1.43. The van der Waals surface area contributed by atoms with Crippen LogP contribution in [0.25, 0.3) is 11.3 Å². The molecule has 1 N–H and O–H groups in total. The van der Waals surface area contributed by atoms with Gasteiger partial charge in [0.15, 0.2) is 0 Å². The topological polar surface area (TPSA) is 72.9 Å². The molecule has 40 heavy (non-hydrogen) atoms. The maximum Gasteiger partial charge on any atom is 0.313 e. The summed E-state index contributed by atoms with van der Waals surface area (Å²) in [5.41, 5.74) is 7.53. The zero-order valence-electron chi connectivity index (χ0n) is 24.4. The number of esters is 1. The van der Waals surface area contributed by atoms with Gasteiger partial charge >= 0.3 is 5.97 Å². The molecule has 0 amide bonds. The van der Waals surface area contributed by atoms with Gasteiger partial charge in [0.25, 0.3) is 0 Å². The summed E-state index contributed by atoms with van der Waals surface area (Å²) in [4.78, 5) is 20.1. The standard InChI is InChI=1S/C33H41N3O4/c1-6-39-21-29-33(4,32(37)38-5)14-16-36(29)30-12-8-11-28(35-30)26-10-7-9-22(2)31(26)40-20-24-17-23(3)27-19-34-15-13-25(27)18-24/h7-12,17-18,29,34H,6,13-16,19-21H2,1-5H3/t29-,33-/m1/s1. The minimum atomic E-state index is -0.664. The summed E-state index contributed by atoms with van der Waals surface area (Å²) in [6.07, 6.45) is 1.73. The lowest BCUT2D eigenvalue weighted by molar-refractivity contribution is -0.152. The largest absolute Gasteiger partial charge is 0.488 e. The molecule has 2 aliphatic heterocycles. The Labute approximate surface area is 237 Å². The van der Waals surface area contributed by atoms with Crippen molar-refractivity contribution in [2.45, 2.75) is 59.7 Å². The number of carbonyl (C=O) groups excluding carboxylic acids is 1. The summed E-state index contributed by atoms with van der Waals surface area (Å²) >= 11 is 0. The van der Waals surface area contributed by atoms with Crippen LogP contribution >= 0.6 is 0 Å². The zero-order chi connectivity index (χ0) is 28.3. The molecule has 2 aliphatic rings. The molecule has 212 valence electrons. The number of aromatic nitrogens is 1. The van der Waals surface area contributed by atoms with Crippen molar-refractivity contribution in [2.75, 3.05) is 38.3 Å². The van der Waals surface area contributed by atoms with Crippen LogP contribution in [0, 0.1) is 19.3 Å². The van der Waals surface area contributed by atoms with Crippen molar-refractivity contribution in [3.05, 3.63) is 76.3 Å². The van der Waals surface area contributed by atoms with Crippen LogP contribution in [0.15, 0.2) is 48.5 Å². The Hall–Kier alpha value is -3.42. The first kappa shape index (κ1) is 28.1. The van der Waals surface area contributed by atoms with E-state index in [1.165, 1.54) is 29.4 Å². The number of ether oxygens (including phenoxy) is 3. The number of methoxy groups -OCH3 is 1. The molecule has 2 atom stereocenters. The summed E-state index contributed by atoms with van der Waals surface area (Å²) in [7, 11) is 1.45. The summed E-state index contributed by atoms with van der Waals surface area (Å²) in [6, 6.07) is 16.6. The molecular weight excluding hydrogens is 502 g/mol. The molecule has 0 aliphatic carbocycles. The van der Waals surface area contributed by atoms with Gasteiger partial charge in [0, 0.05) is 25.3 Å². The van der Waals surface area contributed by atoms with Gasteiger partial charge in [-0.05, 0) is 93.1 Å². The first-order valence-corrected chi connectivity index (χ1v) is 14.3. The second-order valence-corrected chi connectivity index (χ2v) is 11.1. The van der Waals surface area contributed by atoms with Crippen LogP contribution in [0.5, 0.6) is 5.75 Å². The lowest BCUT2D eigenvalue weighted by Crippen LogP contribution is -2.46. The molecule has 1 aromatic heterocycles. The third-order valence-corrected chi connectivity index (χ3v) is 8.51. The van der Waals surface area contributed by atoms with Crippen molar-refractivity contribution in [3.63, 3.8) is 0 Å². The zero-order valence-corrected chi connectivity index (χ0v) is 24.4. The molecule has 3 aromatic rings. The van der Waals surface area contributed by atoms with E-state index in [2.05, 4.69) is 48.3 Å². The minimum absolute atomic E-state index is 0.168. The van der Waals surface area contributed by atoms with Gasteiger partial charge in [-0.2, -0.15) is 0 Å². The van der Waals surface area contributed by atoms with Crippen LogP contribution in [-0.2, 0) is 33.8 Å². The summed E-state index contributed by atoms with van der Waals surface area (Å²) in [5.74, 6) is 1.45. The highest BCUT2D eigenvalue weighted by Gasteiger charge is 2.50. The molecule has 0 unspecified atom stereocenters. The van der Waals surface area contributed by atoms with Crippen LogP contribution in [0.4, 0.5) is 5.82 Å². The molecule has 5 rings (SSSR count). The fourth-order valence-corrected chi connectivity index (χ4v) is 6.17. The molecule has 0 saturated carbocycles. The van der Waals surface area contributed by atoms with E-state index in [0.29, 0.717) is 32.8 Å². The smallest absolute Gasteiger partial charge is 0.313 e. The van der Waals surface area contributed by atoms with Gasteiger partial charge in [-0.25, -0.2) is 4.98 Å². The molecule has 7 nitrogen and oxygen atoms in total. The normalized spacial score (nSPS) is 20.3. The lowest BCUT2D eigenvalue weighted by atomic mass is 9.82. The second kappa shape index (κ2) is 12.0. The quantitative estimate of drug-likeness (QED) is 0.363. The Morgan fingerprint density at radius 2 is 1.98 bits per heavy atom. The first-order valence-electron chi connectivity index (χ1n) is 14.3. The molecule has 3 heterocycles. The Morgan fingerprint density at radius 3 is 2.77 bits per heavy atom. The van der Waals surface area contributed by atoms with Gasteiger partial charge in [0.2, 0.25) is 0 Å². The third-order valence-electron chi connectivity index (χ3n) is 8.51. The number of hydrogen-bond acceptors (Lipinski definition) is 7. The average molecular weight is 544 g/mol. The lowest BCUT2D eigenvalue weighted by Gasteiger charge is -2.33. The maximum absolute atomic E-state index is 12.8. The van der Waals surface area contributed by atoms with E-state index >= 15 is 0 Å². The van der Waals surface area contributed by atoms with Crippen LogP contribution in [0.3, 0.4) is 0 Å². The molecule has 7 heteroatoms. The maximum atomic E-state index is 12.8. The molecule has 2 aromatic carbocycles. The molecule has 0 bridgehead atoms. The van der Waals surface area contributed by atoms with E-state index in [1.807, 2.05) is 38.1 Å². The molecule has 0 spiro atoms. The molecule has 0 radical (unpaired) electrons.